The lowest BCUT2D eigenvalue weighted by atomic mass is 9.98. The molecule has 0 aromatic heterocycles. The molecule has 0 radical (unpaired) electrons. The molecule has 1 fully saturated rings. The minimum Gasteiger partial charge on any atom is -0.480 e. The van der Waals surface area contributed by atoms with Gasteiger partial charge in [-0.1, -0.05) is 48.5 Å². The highest BCUT2D eigenvalue weighted by Crippen LogP contribution is 2.44. The standard InChI is InChI=1S/C21H22N2O4.H2O/c24-20(25)13-22-9-11-23(12-10-22)21(26)27-14-19-17-7-3-1-5-15(17)16-6-2-4-8-18(16)19;/h1-8,19H,9-14H2,(H,24,25);1H2. The molecule has 2 aliphatic rings. The minimum absolute atomic E-state index is 0. The van der Waals surface area contributed by atoms with Crippen molar-refractivity contribution in [3.63, 3.8) is 0 Å². The van der Waals surface area contributed by atoms with Crippen molar-refractivity contribution < 1.29 is 24.9 Å². The predicted molar refractivity (Wildman–Crippen MR) is 104 cm³/mol. The van der Waals surface area contributed by atoms with Crippen LogP contribution in [0.4, 0.5) is 4.79 Å². The zero-order valence-electron chi connectivity index (χ0n) is 15.5. The summed E-state index contributed by atoms with van der Waals surface area (Å²) < 4.78 is 5.65. The van der Waals surface area contributed by atoms with Gasteiger partial charge in [0.2, 0.25) is 0 Å². The van der Waals surface area contributed by atoms with Crippen LogP contribution < -0.4 is 0 Å². The van der Waals surface area contributed by atoms with Crippen LogP contribution in [0.5, 0.6) is 0 Å². The number of hydrogen-bond acceptors (Lipinski definition) is 4. The summed E-state index contributed by atoms with van der Waals surface area (Å²) in [5.74, 6) is -0.792. The Kier molecular flexibility index (Phi) is 5.96. The van der Waals surface area contributed by atoms with Crippen molar-refractivity contribution in [1.82, 2.24) is 9.80 Å². The summed E-state index contributed by atoms with van der Waals surface area (Å²) in [6, 6.07) is 16.5. The summed E-state index contributed by atoms with van der Waals surface area (Å²) in [5, 5.41) is 8.86. The Morgan fingerprint density at radius 1 is 0.929 bits per heavy atom. The average Bonchev–Trinajstić information content (AvgIpc) is 3.00. The quantitative estimate of drug-likeness (QED) is 0.866. The molecule has 7 nitrogen and oxygen atoms in total. The topological polar surface area (TPSA) is 102 Å². The number of hydrogen-bond donors (Lipinski definition) is 1. The number of rotatable bonds is 4. The van der Waals surface area contributed by atoms with Crippen LogP contribution in [0.15, 0.2) is 48.5 Å². The van der Waals surface area contributed by atoms with Crippen molar-refractivity contribution >= 4 is 12.1 Å². The van der Waals surface area contributed by atoms with Gasteiger partial charge in [-0.05, 0) is 22.3 Å². The van der Waals surface area contributed by atoms with Gasteiger partial charge in [0, 0.05) is 32.1 Å². The molecule has 2 aromatic rings. The van der Waals surface area contributed by atoms with Crippen LogP contribution >= 0.6 is 0 Å². The molecule has 0 spiro atoms. The third-order valence-electron chi connectivity index (χ3n) is 5.33. The first-order chi connectivity index (χ1) is 13.1. The number of carboxylic acid groups (broad SMARTS) is 1. The van der Waals surface area contributed by atoms with E-state index < -0.39 is 5.97 Å². The maximum absolute atomic E-state index is 12.5. The highest BCUT2D eigenvalue weighted by molar-refractivity contribution is 5.79. The highest BCUT2D eigenvalue weighted by atomic mass is 16.6. The van der Waals surface area contributed by atoms with E-state index in [1.165, 1.54) is 22.3 Å². The second kappa shape index (κ2) is 8.41. The van der Waals surface area contributed by atoms with E-state index in [-0.39, 0.29) is 24.0 Å². The van der Waals surface area contributed by atoms with Gasteiger partial charge in [-0.15, -0.1) is 0 Å². The monoisotopic (exact) mass is 384 g/mol. The van der Waals surface area contributed by atoms with Crippen LogP contribution in [0.2, 0.25) is 0 Å². The molecule has 1 aliphatic heterocycles. The molecule has 0 bridgehead atoms. The van der Waals surface area contributed by atoms with Crippen molar-refractivity contribution in [2.75, 3.05) is 39.3 Å². The number of piperazine rings is 1. The van der Waals surface area contributed by atoms with E-state index in [2.05, 4.69) is 24.3 Å². The summed E-state index contributed by atoms with van der Waals surface area (Å²) in [7, 11) is 0. The summed E-state index contributed by atoms with van der Waals surface area (Å²) in [5.41, 5.74) is 4.79. The lowest BCUT2D eigenvalue weighted by Gasteiger charge is -2.33. The Hall–Kier alpha value is -2.90. The zero-order chi connectivity index (χ0) is 18.8. The number of carbonyl (C=O) groups is 2. The molecule has 1 aliphatic carbocycles. The van der Waals surface area contributed by atoms with E-state index in [0.29, 0.717) is 32.8 Å². The van der Waals surface area contributed by atoms with Gasteiger partial charge in [0.15, 0.2) is 0 Å². The van der Waals surface area contributed by atoms with E-state index >= 15 is 0 Å². The van der Waals surface area contributed by atoms with Crippen molar-refractivity contribution in [3.8, 4) is 11.1 Å². The molecule has 3 N–H and O–H groups in total. The number of ether oxygens (including phenoxy) is 1. The number of carboxylic acids is 1. The molecule has 28 heavy (non-hydrogen) atoms. The summed E-state index contributed by atoms with van der Waals surface area (Å²) in [6.45, 7) is 2.40. The smallest absolute Gasteiger partial charge is 0.409 e. The maximum atomic E-state index is 12.5. The van der Waals surface area contributed by atoms with Crippen LogP contribution in [0.25, 0.3) is 11.1 Å². The average molecular weight is 384 g/mol. The van der Waals surface area contributed by atoms with Crippen LogP contribution in [-0.4, -0.2) is 71.8 Å². The molecule has 0 atom stereocenters. The van der Waals surface area contributed by atoms with Crippen molar-refractivity contribution in [2.45, 2.75) is 5.92 Å². The number of aliphatic carboxylic acids is 1. The SMILES string of the molecule is O.O=C(O)CN1CCN(C(=O)OCC2c3ccccc3-c3ccccc32)CC1. The fourth-order valence-corrected chi connectivity index (χ4v) is 3.97. The van der Waals surface area contributed by atoms with Crippen LogP contribution in [0.3, 0.4) is 0 Å². The first-order valence-corrected chi connectivity index (χ1v) is 9.17. The van der Waals surface area contributed by atoms with E-state index in [4.69, 9.17) is 9.84 Å². The van der Waals surface area contributed by atoms with E-state index in [1.807, 2.05) is 29.2 Å². The lowest BCUT2D eigenvalue weighted by molar-refractivity contribution is -0.138. The molecule has 1 saturated heterocycles. The number of nitrogens with zero attached hydrogens (tertiary/aromatic N) is 2. The number of amides is 1. The lowest BCUT2D eigenvalue weighted by Crippen LogP contribution is -2.50. The normalized spacial score (nSPS) is 16.1. The van der Waals surface area contributed by atoms with Gasteiger partial charge in [-0.25, -0.2) is 4.79 Å². The molecular formula is C21H24N2O5. The molecule has 1 heterocycles. The molecule has 4 rings (SSSR count). The number of benzene rings is 2. The van der Waals surface area contributed by atoms with E-state index in [0.717, 1.165) is 0 Å². The van der Waals surface area contributed by atoms with Crippen LogP contribution in [-0.2, 0) is 9.53 Å². The summed E-state index contributed by atoms with van der Waals surface area (Å²) in [6.07, 6.45) is -0.327. The second-order valence-electron chi connectivity index (χ2n) is 6.96. The molecule has 0 saturated carbocycles. The van der Waals surface area contributed by atoms with Crippen molar-refractivity contribution in [2.24, 2.45) is 0 Å². The summed E-state index contributed by atoms with van der Waals surface area (Å²) in [4.78, 5) is 26.8. The second-order valence-corrected chi connectivity index (χ2v) is 6.96. The Balaban J connectivity index is 0.00000225. The van der Waals surface area contributed by atoms with Crippen molar-refractivity contribution in [3.05, 3.63) is 59.7 Å². The molecule has 2 aromatic carbocycles. The van der Waals surface area contributed by atoms with Crippen molar-refractivity contribution in [1.29, 1.82) is 0 Å². The Labute approximate surface area is 163 Å². The molecular weight excluding hydrogens is 360 g/mol. The zero-order valence-corrected chi connectivity index (χ0v) is 15.5. The molecule has 7 heteroatoms. The maximum Gasteiger partial charge on any atom is 0.409 e. The first-order valence-electron chi connectivity index (χ1n) is 9.17. The van der Waals surface area contributed by atoms with Gasteiger partial charge in [-0.3, -0.25) is 9.69 Å². The number of fused-ring (bicyclic) bond motifs is 3. The van der Waals surface area contributed by atoms with Crippen LogP contribution in [0, 0.1) is 0 Å². The third kappa shape index (κ3) is 3.85. The minimum atomic E-state index is -0.843. The highest BCUT2D eigenvalue weighted by Gasteiger charge is 2.30. The Morgan fingerprint density at radius 2 is 1.46 bits per heavy atom. The Morgan fingerprint density at radius 3 is 2.00 bits per heavy atom. The molecule has 148 valence electrons. The molecule has 0 unspecified atom stereocenters. The fourth-order valence-electron chi connectivity index (χ4n) is 3.97. The fraction of sp³-hybridized carbons (Fsp3) is 0.333. The van der Waals surface area contributed by atoms with E-state index in [1.54, 1.807) is 4.90 Å². The van der Waals surface area contributed by atoms with Crippen LogP contribution in [0.1, 0.15) is 17.0 Å². The van der Waals surface area contributed by atoms with Gasteiger partial charge in [0.25, 0.3) is 0 Å². The Bertz CT molecular complexity index is 816. The van der Waals surface area contributed by atoms with Gasteiger partial charge in [0.05, 0.1) is 6.54 Å². The van der Waals surface area contributed by atoms with Gasteiger partial charge in [0.1, 0.15) is 6.61 Å². The summed E-state index contributed by atoms with van der Waals surface area (Å²) >= 11 is 0. The largest absolute Gasteiger partial charge is 0.480 e. The molecule has 1 amide bonds. The van der Waals surface area contributed by atoms with Gasteiger partial charge in [-0.2, -0.15) is 0 Å². The van der Waals surface area contributed by atoms with E-state index in [9.17, 15) is 9.59 Å². The third-order valence-corrected chi connectivity index (χ3v) is 5.33. The first kappa shape index (κ1) is 19.9. The number of carbonyl (C=O) groups excluding carboxylic acids is 1. The predicted octanol–water partition coefficient (Wildman–Crippen LogP) is 1.81. The van der Waals surface area contributed by atoms with Gasteiger partial charge >= 0.3 is 12.1 Å². The van der Waals surface area contributed by atoms with Gasteiger partial charge < -0.3 is 20.2 Å².